The second-order valence-electron chi connectivity index (χ2n) is 6.69. The standard InChI is InChI=1S/C16H21F3N2OS/c1-14(2,3)12(20)21-13(22)15(4,5)23-11-8-6-10(7-9-11)16(17,18)19/h6-9H,1-5H3,(H2,20,21,22). The van der Waals surface area contributed by atoms with E-state index in [-0.39, 0.29) is 5.84 Å². The highest BCUT2D eigenvalue weighted by atomic mass is 32.2. The van der Waals surface area contributed by atoms with E-state index in [1.807, 2.05) is 20.8 Å². The molecule has 23 heavy (non-hydrogen) atoms. The third kappa shape index (κ3) is 5.57. The number of thioether (sulfide) groups is 1. The molecule has 0 aromatic heterocycles. The maximum atomic E-state index is 12.5. The second kappa shape index (κ2) is 6.55. The molecule has 128 valence electrons. The molecule has 0 saturated carbocycles. The van der Waals surface area contributed by atoms with Gasteiger partial charge in [-0.1, -0.05) is 20.8 Å². The second-order valence-corrected chi connectivity index (χ2v) is 8.38. The Morgan fingerprint density at radius 1 is 1.04 bits per heavy atom. The first-order valence-electron chi connectivity index (χ1n) is 6.99. The number of benzene rings is 1. The summed E-state index contributed by atoms with van der Waals surface area (Å²) in [7, 11) is 0. The number of hydrogen-bond donors (Lipinski definition) is 1. The van der Waals surface area contributed by atoms with Crippen LogP contribution in [0.2, 0.25) is 0 Å². The Labute approximate surface area is 138 Å². The van der Waals surface area contributed by atoms with Crippen LogP contribution in [0, 0.1) is 5.41 Å². The smallest absolute Gasteiger partial charge is 0.387 e. The molecule has 0 fully saturated rings. The molecule has 1 rings (SSSR count). The fraction of sp³-hybridized carbons (Fsp3) is 0.500. The monoisotopic (exact) mass is 346 g/mol. The summed E-state index contributed by atoms with van der Waals surface area (Å²) < 4.78 is 36.7. The lowest BCUT2D eigenvalue weighted by Crippen LogP contribution is -2.34. The van der Waals surface area contributed by atoms with Gasteiger partial charge < -0.3 is 5.73 Å². The Kier molecular flexibility index (Phi) is 5.57. The molecule has 0 aliphatic carbocycles. The van der Waals surface area contributed by atoms with Crippen LogP contribution in [-0.2, 0) is 11.0 Å². The van der Waals surface area contributed by atoms with E-state index in [0.717, 1.165) is 23.9 Å². The molecular formula is C16H21F3N2OS. The van der Waals surface area contributed by atoms with Gasteiger partial charge in [0, 0.05) is 10.3 Å². The summed E-state index contributed by atoms with van der Waals surface area (Å²) in [5.41, 5.74) is 4.66. The lowest BCUT2D eigenvalue weighted by atomic mass is 9.95. The third-order valence-electron chi connectivity index (χ3n) is 3.06. The van der Waals surface area contributed by atoms with Crippen molar-refractivity contribution in [2.75, 3.05) is 0 Å². The number of nitrogens with zero attached hydrogens (tertiary/aromatic N) is 1. The van der Waals surface area contributed by atoms with E-state index in [1.54, 1.807) is 13.8 Å². The number of carbonyl (C=O) groups is 1. The molecule has 7 heteroatoms. The number of nitrogens with two attached hydrogens (primary N) is 1. The minimum atomic E-state index is -4.38. The van der Waals surface area contributed by atoms with Crippen molar-refractivity contribution in [1.82, 2.24) is 0 Å². The number of amides is 1. The van der Waals surface area contributed by atoms with E-state index in [0.29, 0.717) is 4.90 Å². The van der Waals surface area contributed by atoms with Crippen molar-refractivity contribution in [2.45, 2.75) is 50.4 Å². The van der Waals surface area contributed by atoms with Gasteiger partial charge >= 0.3 is 6.18 Å². The van der Waals surface area contributed by atoms with Gasteiger partial charge in [0.1, 0.15) is 5.84 Å². The molecule has 0 radical (unpaired) electrons. The first-order valence-corrected chi connectivity index (χ1v) is 7.80. The molecule has 0 saturated heterocycles. The summed E-state index contributed by atoms with van der Waals surface area (Å²) in [6.07, 6.45) is -4.38. The van der Waals surface area contributed by atoms with E-state index in [4.69, 9.17) is 5.73 Å². The highest BCUT2D eigenvalue weighted by molar-refractivity contribution is 8.01. The lowest BCUT2D eigenvalue weighted by Gasteiger charge is -2.22. The number of alkyl halides is 3. The van der Waals surface area contributed by atoms with Crippen molar-refractivity contribution in [1.29, 1.82) is 0 Å². The number of carbonyl (C=O) groups excluding carboxylic acids is 1. The third-order valence-corrected chi connectivity index (χ3v) is 4.25. The quantitative estimate of drug-likeness (QED) is 0.498. The molecular weight excluding hydrogens is 325 g/mol. The summed E-state index contributed by atoms with van der Waals surface area (Å²) in [6, 6.07) is 4.68. The van der Waals surface area contributed by atoms with Crippen molar-refractivity contribution in [3.8, 4) is 0 Å². The fourth-order valence-corrected chi connectivity index (χ4v) is 2.46. The predicted molar refractivity (Wildman–Crippen MR) is 87.5 cm³/mol. The van der Waals surface area contributed by atoms with Gasteiger partial charge in [0.25, 0.3) is 5.91 Å². The van der Waals surface area contributed by atoms with Crippen LogP contribution in [0.15, 0.2) is 34.2 Å². The van der Waals surface area contributed by atoms with Crippen molar-refractivity contribution in [3.05, 3.63) is 29.8 Å². The Bertz CT molecular complexity index is 599. The van der Waals surface area contributed by atoms with Crippen LogP contribution in [0.1, 0.15) is 40.2 Å². The molecule has 3 nitrogen and oxygen atoms in total. The molecule has 0 heterocycles. The minimum absolute atomic E-state index is 0.226. The van der Waals surface area contributed by atoms with Crippen LogP contribution >= 0.6 is 11.8 Å². The van der Waals surface area contributed by atoms with Crippen molar-refractivity contribution in [3.63, 3.8) is 0 Å². The summed E-state index contributed by atoms with van der Waals surface area (Å²) in [5.74, 6) is -0.196. The molecule has 1 amide bonds. The zero-order valence-electron chi connectivity index (χ0n) is 13.8. The van der Waals surface area contributed by atoms with Gasteiger partial charge in [0.2, 0.25) is 0 Å². The van der Waals surface area contributed by atoms with Crippen LogP contribution in [0.4, 0.5) is 13.2 Å². The maximum absolute atomic E-state index is 12.5. The predicted octanol–water partition coefficient (Wildman–Crippen LogP) is 4.51. The van der Waals surface area contributed by atoms with Crippen LogP contribution in [0.5, 0.6) is 0 Å². The van der Waals surface area contributed by atoms with Gasteiger partial charge in [-0.25, -0.2) is 0 Å². The Morgan fingerprint density at radius 3 is 1.91 bits per heavy atom. The van der Waals surface area contributed by atoms with Crippen LogP contribution in [0.25, 0.3) is 0 Å². The Hall–Kier alpha value is -1.50. The Morgan fingerprint density at radius 2 is 1.52 bits per heavy atom. The van der Waals surface area contributed by atoms with Crippen LogP contribution < -0.4 is 5.73 Å². The number of hydrogen-bond acceptors (Lipinski definition) is 2. The van der Waals surface area contributed by atoms with E-state index < -0.39 is 27.8 Å². The largest absolute Gasteiger partial charge is 0.416 e. The van der Waals surface area contributed by atoms with Gasteiger partial charge in [-0.05, 0) is 38.1 Å². The molecule has 0 aliphatic rings. The fourth-order valence-electron chi connectivity index (χ4n) is 1.46. The molecule has 1 aromatic carbocycles. The van der Waals surface area contributed by atoms with E-state index in [2.05, 4.69) is 4.99 Å². The number of aliphatic imine (C=N–C) groups is 1. The summed E-state index contributed by atoms with van der Waals surface area (Å²) in [6.45, 7) is 8.85. The van der Waals surface area contributed by atoms with Crippen molar-refractivity contribution >= 4 is 23.5 Å². The van der Waals surface area contributed by atoms with Gasteiger partial charge in [-0.2, -0.15) is 18.2 Å². The highest BCUT2D eigenvalue weighted by Crippen LogP contribution is 2.36. The molecule has 0 bridgehead atoms. The van der Waals surface area contributed by atoms with E-state index in [9.17, 15) is 18.0 Å². The first kappa shape index (κ1) is 19.5. The molecule has 0 unspecified atom stereocenters. The van der Waals surface area contributed by atoms with E-state index >= 15 is 0 Å². The molecule has 1 aromatic rings. The first-order chi connectivity index (χ1) is 10.2. The number of rotatable bonds is 3. The maximum Gasteiger partial charge on any atom is 0.416 e. The number of amidine groups is 1. The van der Waals surface area contributed by atoms with Crippen LogP contribution in [-0.4, -0.2) is 16.5 Å². The summed E-state index contributed by atoms with van der Waals surface area (Å²) in [4.78, 5) is 16.8. The van der Waals surface area contributed by atoms with Crippen LogP contribution in [0.3, 0.4) is 0 Å². The molecule has 0 spiro atoms. The zero-order chi connectivity index (χ0) is 18.1. The molecule has 0 atom stereocenters. The van der Waals surface area contributed by atoms with Gasteiger partial charge in [-0.15, -0.1) is 11.8 Å². The summed E-state index contributed by atoms with van der Waals surface area (Å²) >= 11 is 1.15. The highest BCUT2D eigenvalue weighted by Gasteiger charge is 2.32. The lowest BCUT2D eigenvalue weighted by molar-refractivity contribution is -0.137. The topological polar surface area (TPSA) is 55.4 Å². The van der Waals surface area contributed by atoms with Crippen molar-refractivity contribution in [2.24, 2.45) is 16.1 Å². The molecule has 2 N–H and O–H groups in total. The SMILES string of the molecule is CC(C)(C)C(N)=NC(=O)C(C)(C)Sc1ccc(C(F)(F)F)cc1. The number of halogens is 3. The average Bonchev–Trinajstić information content (AvgIpc) is 2.36. The minimum Gasteiger partial charge on any atom is -0.387 e. The summed E-state index contributed by atoms with van der Waals surface area (Å²) in [5, 5.41) is 0. The zero-order valence-corrected chi connectivity index (χ0v) is 14.6. The normalized spacial score (nSPS) is 14.0. The van der Waals surface area contributed by atoms with Gasteiger partial charge in [-0.3, -0.25) is 4.79 Å². The van der Waals surface area contributed by atoms with Gasteiger partial charge in [0.05, 0.1) is 10.3 Å². The average molecular weight is 346 g/mol. The van der Waals surface area contributed by atoms with Gasteiger partial charge in [0.15, 0.2) is 0 Å². The molecule has 0 aliphatic heterocycles. The van der Waals surface area contributed by atoms with Crippen molar-refractivity contribution < 1.29 is 18.0 Å². The van der Waals surface area contributed by atoms with E-state index in [1.165, 1.54) is 12.1 Å². The Balaban J connectivity index is 2.92.